The van der Waals surface area contributed by atoms with E-state index in [1.807, 2.05) is 24.3 Å². The third kappa shape index (κ3) is 5.43. The van der Waals surface area contributed by atoms with E-state index in [1.54, 1.807) is 37.6 Å². The largest absolute Gasteiger partial charge is 0.497 e. The van der Waals surface area contributed by atoms with Gasteiger partial charge in [0.1, 0.15) is 17.3 Å². The van der Waals surface area contributed by atoms with Crippen molar-refractivity contribution in [3.05, 3.63) is 77.2 Å². The van der Waals surface area contributed by atoms with Gasteiger partial charge in [-0.3, -0.25) is 4.79 Å². The second-order valence-corrected chi connectivity index (χ2v) is 6.21. The molecule has 27 heavy (non-hydrogen) atoms. The van der Waals surface area contributed by atoms with Gasteiger partial charge in [0.25, 0.3) is 5.91 Å². The lowest BCUT2D eigenvalue weighted by atomic mass is 10.1. The van der Waals surface area contributed by atoms with Gasteiger partial charge in [0.15, 0.2) is 0 Å². The highest BCUT2D eigenvalue weighted by Gasteiger charge is 2.08. The average Bonchev–Trinajstić information content (AvgIpc) is 2.71. The van der Waals surface area contributed by atoms with E-state index in [-0.39, 0.29) is 11.6 Å². The Bertz CT molecular complexity index is 881. The van der Waals surface area contributed by atoms with Crippen molar-refractivity contribution in [3.8, 4) is 5.75 Å². The van der Waals surface area contributed by atoms with Crippen LogP contribution >= 0.6 is 11.6 Å². The van der Waals surface area contributed by atoms with Crippen LogP contribution < -0.4 is 15.4 Å². The van der Waals surface area contributed by atoms with E-state index in [2.05, 4.69) is 20.6 Å². The number of hydrogen-bond acceptors (Lipinski definition) is 5. The first-order valence-corrected chi connectivity index (χ1v) is 8.77. The Morgan fingerprint density at radius 1 is 1.04 bits per heavy atom. The number of amides is 1. The van der Waals surface area contributed by atoms with Crippen LogP contribution in [0.25, 0.3) is 0 Å². The predicted octanol–water partition coefficient (Wildman–Crippen LogP) is 4.05. The van der Waals surface area contributed by atoms with E-state index in [1.165, 1.54) is 11.8 Å². The monoisotopic (exact) mass is 382 g/mol. The van der Waals surface area contributed by atoms with Crippen LogP contribution in [-0.4, -0.2) is 29.5 Å². The van der Waals surface area contributed by atoms with E-state index < -0.39 is 0 Å². The van der Waals surface area contributed by atoms with Gasteiger partial charge in [0.2, 0.25) is 0 Å². The molecule has 7 heteroatoms. The number of nitrogens with zero attached hydrogens (tertiary/aromatic N) is 2. The first kappa shape index (κ1) is 18.7. The van der Waals surface area contributed by atoms with Gasteiger partial charge in [0, 0.05) is 17.3 Å². The minimum absolute atomic E-state index is 0.241. The Kier molecular flexibility index (Phi) is 6.22. The molecule has 0 spiro atoms. The summed E-state index contributed by atoms with van der Waals surface area (Å²) in [6, 6.07) is 14.8. The highest BCUT2D eigenvalue weighted by molar-refractivity contribution is 6.30. The summed E-state index contributed by atoms with van der Waals surface area (Å²) < 4.78 is 5.14. The molecule has 1 aromatic heterocycles. The van der Waals surface area contributed by atoms with Gasteiger partial charge in [-0.1, -0.05) is 23.7 Å². The predicted molar refractivity (Wildman–Crippen MR) is 107 cm³/mol. The second-order valence-electron chi connectivity index (χ2n) is 5.77. The molecule has 0 radical (unpaired) electrons. The third-order valence-electron chi connectivity index (χ3n) is 3.87. The van der Waals surface area contributed by atoms with Crippen molar-refractivity contribution in [3.63, 3.8) is 0 Å². The number of benzene rings is 2. The Hall–Kier alpha value is -3.12. The third-order valence-corrected chi connectivity index (χ3v) is 4.12. The molecule has 0 saturated heterocycles. The fourth-order valence-corrected chi connectivity index (χ4v) is 2.52. The van der Waals surface area contributed by atoms with Crippen molar-refractivity contribution < 1.29 is 9.53 Å². The highest BCUT2D eigenvalue weighted by Crippen LogP contribution is 2.14. The number of aromatic nitrogens is 2. The van der Waals surface area contributed by atoms with Crippen molar-refractivity contribution in [2.45, 2.75) is 6.42 Å². The number of methoxy groups -OCH3 is 1. The van der Waals surface area contributed by atoms with Gasteiger partial charge in [-0.15, -0.1) is 0 Å². The quantitative estimate of drug-likeness (QED) is 0.644. The van der Waals surface area contributed by atoms with Crippen molar-refractivity contribution in [2.24, 2.45) is 0 Å². The Morgan fingerprint density at radius 2 is 1.78 bits per heavy atom. The number of halogens is 1. The standard InChI is InChI=1S/C20H19ClN4O2/c1-27-17-8-2-14(3-9-17)10-11-22-19-13-23-18(12-24-19)20(26)25-16-6-4-15(21)5-7-16/h2-9,12-13H,10-11H2,1H3,(H,22,24)(H,25,26). The normalized spacial score (nSPS) is 10.3. The molecule has 2 aromatic carbocycles. The zero-order valence-corrected chi connectivity index (χ0v) is 15.5. The number of rotatable bonds is 7. The average molecular weight is 383 g/mol. The van der Waals surface area contributed by atoms with Crippen LogP contribution in [0.3, 0.4) is 0 Å². The first-order chi connectivity index (χ1) is 13.1. The van der Waals surface area contributed by atoms with E-state index in [0.29, 0.717) is 23.1 Å². The molecule has 0 aliphatic heterocycles. The SMILES string of the molecule is COc1ccc(CCNc2cnc(C(=O)Nc3ccc(Cl)cc3)cn2)cc1. The number of hydrogen-bond donors (Lipinski definition) is 2. The molecule has 138 valence electrons. The van der Waals surface area contributed by atoms with Crippen molar-refractivity contribution >= 4 is 29.0 Å². The number of carbonyl (C=O) groups excluding carboxylic acids is 1. The van der Waals surface area contributed by atoms with Crippen LogP contribution in [0.5, 0.6) is 5.75 Å². The van der Waals surface area contributed by atoms with Crippen LogP contribution in [-0.2, 0) is 6.42 Å². The maximum atomic E-state index is 12.2. The molecule has 1 heterocycles. The Labute approximate surface area is 162 Å². The van der Waals surface area contributed by atoms with Gasteiger partial charge in [0.05, 0.1) is 19.5 Å². The van der Waals surface area contributed by atoms with Crippen LogP contribution in [0.15, 0.2) is 60.9 Å². The summed E-state index contributed by atoms with van der Waals surface area (Å²) in [5.74, 6) is 1.13. The molecule has 6 nitrogen and oxygen atoms in total. The van der Waals surface area contributed by atoms with Crippen LogP contribution in [0, 0.1) is 0 Å². The van der Waals surface area contributed by atoms with E-state index >= 15 is 0 Å². The lowest BCUT2D eigenvalue weighted by molar-refractivity contribution is 0.102. The Morgan fingerprint density at radius 3 is 2.41 bits per heavy atom. The van der Waals surface area contributed by atoms with Gasteiger partial charge in [-0.05, 0) is 48.4 Å². The molecule has 0 saturated carbocycles. The topological polar surface area (TPSA) is 76.1 Å². The molecular formula is C20H19ClN4O2. The summed E-state index contributed by atoms with van der Waals surface area (Å²) in [6.45, 7) is 0.706. The number of nitrogens with one attached hydrogen (secondary N) is 2. The molecule has 0 atom stereocenters. The van der Waals surface area contributed by atoms with E-state index in [4.69, 9.17) is 16.3 Å². The van der Waals surface area contributed by atoms with Gasteiger partial charge >= 0.3 is 0 Å². The van der Waals surface area contributed by atoms with Crippen molar-refractivity contribution in [1.82, 2.24) is 9.97 Å². The van der Waals surface area contributed by atoms with Gasteiger partial charge in [-0.2, -0.15) is 0 Å². The fourth-order valence-electron chi connectivity index (χ4n) is 2.39. The summed E-state index contributed by atoms with van der Waals surface area (Å²) in [5, 5.41) is 6.55. The smallest absolute Gasteiger partial charge is 0.275 e. The minimum Gasteiger partial charge on any atom is -0.497 e. The molecular weight excluding hydrogens is 364 g/mol. The minimum atomic E-state index is -0.324. The zero-order valence-electron chi connectivity index (χ0n) is 14.8. The molecule has 0 bridgehead atoms. The summed E-state index contributed by atoms with van der Waals surface area (Å²) >= 11 is 5.83. The molecule has 2 N–H and O–H groups in total. The highest BCUT2D eigenvalue weighted by atomic mass is 35.5. The summed E-state index contributed by atoms with van der Waals surface area (Å²) in [6.07, 6.45) is 3.83. The lowest BCUT2D eigenvalue weighted by Crippen LogP contribution is -2.14. The molecule has 3 aromatic rings. The van der Waals surface area contributed by atoms with Crippen LogP contribution in [0.4, 0.5) is 11.5 Å². The molecule has 0 fully saturated rings. The fraction of sp³-hybridized carbons (Fsp3) is 0.150. The molecule has 1 amide bonds. The summed E-state index contributed by atoms with van der Waals surface area (Å²) in [5.41, 5.74) is 2.08. The molecule has 0 aliphatic rings. The van der Waals surface area contributed by atoms with Crippen LogP contribution in [0.1, 0.15) is 16.1 Å². The number of ether oxygens (including phenoxy) is 1. The first-order valence-electron chi connectivity index (χ1n) is 8.40. The summed E-state index contributed by atoms with van der Waals surface area (Å²) in [7, 11) is 1.65. The maximum Gasteiger partial charge on any atom is 0.275 e. The van der Waals surface area contributed by atoms with Crippen molar-refractivity contribution in [1.29, 1.82) is 0 Å². The van der Waals surface area contributed by atoms with Gasteiger partial charge < -0.3 is 15.4 Å². The second kappa shape index (κ2) is 9.00. The summed E-state index contributed by atoms with van der Waals surface area (Å²) in [4.78, 5) is 20.6. The van der Waals surface area contributed by atoms with Gasteiger partial charge in [-0.25, -0.2) is 9.97 Å². The molecule has 0 unspecified atom stereocenters. The maximum absolute atomic E-state index is 12.2. The molecule has 3 rings (SSSR count). The van der Waals surface area contributed by atoms with E-state index in [9.17, 15) is 4.79 Å². The zero-order chi connectivity index (χ0) is 19.1. The Balaban J connectivity index is 1.50. The number of anilines is 2. The lowest BCUT2D eigenvalue weighted by Gasteiger charge is -2.07. The van der Waals surface area contributed by atoms with Crippen LogP contribution in [0.2, 0.25) is 5.02 Å². The molecule has 0 aliphatic carbocycles. The number of carbonyl (C=O) groups is 1. The van der Waals surface area contributed by atoms with E-state index in [0.717, 1.165) is 12.2 Å². The van der Waals surface area contributed by atoms with Crippen molar-refractivity contribution in [2.75, 3.05) is 24.3 Å².